The van der Waals surface area contributed by atoms with Crippen molar-refractivity contribution >= 4 is 34.1 Å². The van der Waals surface area contributed by atoms with Crippen LogP contribution < -0.4 is 15.8 Å². The summed E-state index contributed by atoms with van der Waals surface area (Å²) in [6.45, 7) is -0.723. The van der Waals surface area contributed by atoms with Gasteiger partial charge in [-0.1, -0.05) is 6.07 Å². The summed E-state index contributed by atoms with van der Waals surface area (Å²) in [6, 6.07) is 5.81. The van der Waals surface area contributed by atoms with E-state index in [2.05, 4.69) is 5.32 Å². The van der Waals surface area contributed by atoms with Gasteiger partial charge in [-0.05, 0) is 67.3 Å². The number of hydrogen-bond acceptors (Lipinski definition) is 6. The first-order valence-corrected chi connectivity index (χ1v) is 10.5. The lowest BCUT2D eigenvalue weighted by molar-refractivity contribution is -0.149. The van der Waals surface area contributed by atoms with Crippen molar-refractivity contribution in [1.29, 1.82) is 0 Å². The van der Waals surface area contributed by atoms with E-state index in [0.717, 1.165) is 49.0 Å². The second kappa shape index (κ2) is 8.24. The number of benzene rings is 1. The third-order valence-corrected chi connectivity index (χ3v) is 6.42. The molecule has 4 rings (SSSR count). The molecule has 0 aliphatic heterocycles. The summed E-state index contributed by atoms with van der Waals surface area (Å²) in [5.41, 5.74) is 9.36. The molecule has 3 N–H and O–H groups in total. The standard InChI is InChI=1S/C21H22N2O5S/c22-20(26)19-15-5-2-6-16(15)29-21(19)23-17(24)10-28-18(25)11-27-14-8-7-12-3-1-4-13(12)9-14/h7-9H,1-6,10-11H2,(H2,22,26)(H,23,24). The van der Waals surface area contributed by atoms with Crippen molar-refractivity contribution in [2.75, 3.05) is 18.5 Å². The molecule has 1 aromatic heterocycles. The Balaban J connectivity index is 1.27. The lowest BCUT2D eigenvalue weighted by atomic mass is 10.1. The minimum absolute atomic E-state index is 0.272. The number of fused-ring (bicyclic) bond motifs is 2. The van der Waals surface area contributed by atoms with Crippen LogP contribution in [0.5, 0.6) is 5.75 Å². The predicted molar refractivity (Wildman–Crippen MR) is 108 cm³/mol. The van der Waals surface area contributed by atoms with Crippen molar-refractivity contribution in [1.82, 2.24) is 0 Å². The Morgan fingerprint density at radius 3 is 2.66 bits per heavy atom. The molecule has 0 radical (unpaired) electrons. The fourth-order valence-electron chi connectivity index (χ4n) is 3.88. The molecule has 0 unspecified atom stereocenters. The maximum atomic E-state index is 12.1. The molecule has 0 atom stereocenters. The number of thiophene rings is 1. The van der Waals surface area contributed by atoms with Crippen molar-refractivity contribution in [2.45, 2.75) is 38.5 Å². The molecular weight excluding hydrogens is 392 g/mol. The summed E-state index contributed by atoms with van der Waals surface area (Å²) >= 11 is 1.36. The largest absolute Gasteiger partial charge is 0.482 e. The minimum Gasteiger partial charge on any atom is -0.482 e. The van der Waals surface area contributed by atoms with Gasteiger partial charge in [0.15, 0.2) is 13.2 Å². The van der Waals surface area contributed by atoms with E-state index < -0.39 is 24.4 Å². The molecule has 0 saturated heterocycles. The van der Waals surface area contributed by atoms with Crippen molar-refractivity contribution < 1.29 is 23.9 Å². The Labute approximate surface area is 172 Å². The number of esters is 1. The lowest BCUT2D eigenvalue weighted by Crippen LogP contribution is -2.24. The summed E-state index contributed by atoms with van der Waals surface area (Å²) in [5.74, 6) is -1.09. The number of carbonyl (C=O) groups excluding carboxylic acids is 3. The predicted octanol–water partition coefficient (Wildman–Crippen LogP) is 2.39. The van der Waals surface area contributed by atoms with Crippen molar-refractivity contribution in [3.63, 3.8) is 0 Å². The summed E-state index contributed by atoms with van der Waals surface area (Å²) < 4.78 is 10.5. The van der Waals surface area contributed by atoms with Gasteiger partial charge < -0.3 is 20.5 Å². The number of primary amides is 1. The molecular formula is C21H22N2O5S. The van der Waals surface area contributed by atoms with Gasteiger partial charge in [0, 0.05) is 4.88 Å². The number of amides is 2. The molecule has 0 saturated carbocycles. The number of rotatable bonds is 7. The van der Waals surface area contributed by atoms with Crippen LogP contribution in [0.1, 0.15) is 44.8 Å². The highest BCUT2D eigenvalue weighted by Gasteiger charge is 2.26. The van der Waals surface area contributed by atoms with E-state index in [4.69, 9.17) is 15.2 Å². The van der Waals surface area contributed by atoms with E-state index in [1.54, 1.807) is 0 Å². The van der Waals surface area contributed by atoms with Crippen molar-refractivity contribution in [3.8, 4) is 5.75 Å². The zero-order valence-corrected chi connectivity index (χ0v) is 16.7. The van der Waals surface area contributed by atoms with Gasteiger partial charge in [-0.3, -0.25) is 9.59 Å². The van der Waals surface area contributed by atoms with Gasteiger partial charge in [0.2, 0.25) is 0 Å². The van der Waals surface area contributed by atoms with E-state index >= 15 is 0 Å². The van der Waals surface area contributed by atoms with Crippen LogP contribution in [0.15, 0.2) is 18.2 Å². The molecule has 2 amide bonds. The van der Waals surface area contributed by atoms with Crippen LogP contribution in [-0.4, -0.2) is 31.0 Å². The maximum absolute atomic E-state index is 12.1. The molecule has 2 aliphatic rings. The van der Waals surface area contributed by atoms with Crippen LogP contribution in [-0.2, 0) is 40.0 Å². The quantitative estimate of drug-likeness (QED) is 0.677. The Kier molecular flexibility index (Phi) is 5.53. The van der Waals surface area contributed by atoms with Gasteiger partial charge in [0.1, 0.15) is 10.8 Å². The molecule has 0 fully saturated rings. The molecule has 1 aromatic carbocycles. The number of nitrogens with two attached hydrogens (primary N) is 1. The third-order valence-electron chi connectivity index (χ3n) is 5.21. The highest BCUT2D eigenvalue weighted by molar-refractivity contribution is 7.17. The third kappa shape index (κ3) is 4.27. The van der Waals surface area contributed by atoms with E-state index in [0.29, 0.717) is 16.3 Å². The van der Waals surface area contributed by atoms with Crippen LogP contribution in [0, 0.1) is 0 Å². The van der Waals surface area contributed by atoms with Gasteiger partial charge in [0.05, 0.1) is 5.56 Å². The first-order chi connectivity index (χ1) is 14.0. The molecule has 1 heterocycles. The summed E-state index contributed by atoms with van der Waals surface area (Å²) in [6.07, 6.45) is 5.90. The fourth-order valence-corrected chi connectivity index (χ4v) is 5.19. The topological polar surface area (TPSA) is 108 Å². The second-order valence-corrected chi connectivity index (χ2v) is 8.31. The molecule has 152 valence electrons. The van der Waals surface area contributed by atoms with Gasteiger partial charge in [0.25, 0.3) is 11.8 Å². The van der Waals surface area contributed by atoms with Gasteiger partial charge in [-0.25, -0.2) is 4.79 Å². The van der Waals surface area contributed by atoms with Crippen molar-refractivity contribution in [2.24, 2.45) is 5.73 Å². The van der Waals surface area contributed by atoms with Crippen LogP contribution in [0.3, 0.4) is 0 Å². The van der Waals surface area contributed by atoms with Crippen molar-refractivity contribution in [3.05, 3.63) is 45.3 Å². The number of aryl methyl sites for hydroxylation is 3. The SMILES string of the molecule is NC(=O)c1c(NC(=O)COC(=O)COc2ccc3c(c2)CCC3)sc2c1CCC2. The second-order valence-electron chi connectivity index (χ2n) is 7.21. The van der Waals surface area contributed by atoms with E-state index in [1.165, 1.54) is 22.5 Å². The van der Waals surface area contributed by atoms with E-state index in [-0.39, 0.29) is 6.61 Å². The number of carbonyl (C=O) groups is 3. The average Bonchev–Trinajstić information content (AvgIpc) is 3.39. The first-order valence-electron chi connectivity index (χ1n) is 9.65. The molecule has 8 heteroatoms. The number of anilines is 1. The van der Waals surface area contributed by atoms with Gasteiger partial charge in [-0.15, -0.1) is 11.3 Å². The Bertz CT molecular complexity index is 982. The Hall–Kier alpha value is -2.87. The molecule has 29 heavy (non-hydrogen) atoms. The maximum Gasteiger partial charge on any atom is 0.344 e. The fraction of sp³-hybridized carbons (Fsp3) is 0.381. The Morgan fingerprint density at radius 2 is 1.83 bits per heavy atom. The van der Waals surface area contributed by atoms with E-state index in [1.807, 2.05) is 18.2 Å². The minimum atomic E-state index is -0.635. The number of nitrogens with one attached hydrogen (secondary N) is 1. The number of ether oxygens (including phenoxy) is 2. The average molecular weight is 414 g/mol. The molecule has 0 spiro atoms. The van der Waals surface area contributed by atoms with Gasteiger partial charge >= 0.3 is 5.97 Å². The van der Waals surface area contributed by atoms with Crippen LogP contribution in [0.2, 0.25) is 0 Å². The number of hydrogen-bond donors (Lipinski definition) is 2. The summed E-state index contributed by atoms with van der Waals surface area (Å²) in [7, 11) is 0. The molecule has 7 nitrogen and oxygen atoms in total. The first kappa shape index (κ1) is 19.4. The van der Waals surface area contributed by atoms with E-state index in [9.17, 15) is 14.4 Å². The molecule has 0 bridgehead atoms. The highest BCUT2D eigenvalue weighted by atomic mass is 32.1. The lowest BCUT2D eigenvalue weighted by Gasteiger charge is -2.09. The zero-order chi connectivity index (χ0) is 20.4. The van der Waals surface area contributed by atoms with Crippen LogP contribution in [0.4, 0.5) is 5.00 Å². The Morgan fingerprint density at radius 1 is 1.03 bits per heavy atom. The van der Waals surface area contributed by atoms with Gasteiger partial charge in [-0.2, -0.15) is 0 Å². The summed E-state index contributed by atoms with van der Waals surface area (Å²) in [5, 5.41) is 3.07. The highest BCUT2D eigenvalue weighted by Crippen LogP contribution is 2.38. The monoisotopic (exact) mass is 414 g/mol. The smallest absolute Gasteiger partial charge is 0.344 e. The summed E-state index contributed by atoms with van der Waals surface area (Å²) in [4.78, 5) is 36.9. The van der Waals surface area contributed by atoms with Crippen LogP contribution >= 0.6 is 11.3 Å². The molecule has 2 aliphatic carbocycles. The molecule has 2 aromatic rings. The van der Waals surface area contributed by atoms with Crippen LogP contribution in [0.25, 0.3) is 0 Å². The normalized spacial score (nSPS) is 14.2. The zero-order valence-electron chi connectivity index (χ0n) is 15.9.